The van der Waals surface area contributed by atoms with E-state index in [1.165, 1.54) is 7.11 Å². The van der Waals surface area contributed by atoms with Crippen molar-refractivity contribution < 1.29 is 14.3 Å². The van der Waals surface area contributed by atoms with Gasteiger partial charge < -0.3 is 10.1 Å². The van der Waals surface area contributed by atoms with E-state index in [1.54, 1.807) is 0 Å². The van der Waals surface area contributed by atoms with Gasteiger partial charge in [0, 0.05) is 4.91 Å². The normalized spacial score (nSPS) is 13.2. The second kappa shape index (κ2) is 7.53. The number of nitrogens with one attached hydrogen (secondary N) is 1. The van der Waals surface area contributed by atoms with E-state index in [4.69, 9.17) is 5.53 Å². The number of esters is 1. The van der Waals surface area contributed by atoms with E-state index < -0.39 is 17.9 Å². The van der Waals surface area contributed by atoms with Gasteiger partial charge in [-0.1, -0.05) is 25.4 Å². The van der Waals surface area contributed by atoms with Crippen LogP contribution in [0.15, 0.2) is 5.11 Å². The zero-order chi connectivity index (χ0) is 12.6. The van der Waals surface area contributed by atoms with Gasteiger partial charge in [-0.3, -0.25) is 4.79 Å². The SMILES string of the molecule is CC[C@H](C)[C@H](NC(=O)CN=[N+]=[N-])C(=O)OC. The van der Waals surface area contributed by atoms with E-state index in [2.05, 4.69) is 20.1 Å². The molecule has 1 N–H and O–H groups in total. The molecule has 0 aromatic rings. The summed E-state index contributed by atoms with van der Waals surface area (Å²) in [5.74, 6) is -1.03. The van der Waals surface area contributed by atoms with Crippen LogP contribution in [-0.2, 0) is 14.3 Å². The molecule has 2 atom stereocenters. The third-order valence-electron chi connectivity index (χ3n) is 2.26. The van der Waals surface area contributed by atoms with Crippen molar-refractivity contribution in [1.29, 1.82) is 0 Å². The Morgan fingerprint density at radius 1 is 1.56 bits per heavy atom. The number of nitrogens with zero attached hydrogens (tertiary/aromatic N) is 3. The number of carbonyl (C=O) groups excluding carboxylic acids is 2. The fraction of sp³-hybridized carbons (Fsp3) is 0.778. The van der Waals surface area contributed by atoms with Crippen molar-refractivity contribution in [2.75, 3.05) is 13.7 Å². The number of hydrogen-bond acceptors (Lipinski definition) is 4. The predicted molar refractivity (Wildman–Crippen MR) is 57.4 cm³/mol. The highest BCUT2D eigenvalue weighted by atomic mass is 16.5. The first-order valence-electron chi connectivity index (χ1n) is 4.94. The average molecular weight is 228 g/mol. The van der Waals surface area contributed by atoms with E-state index in [0.717, 1.165) is 6.42 Å². The number of amides is 1. The second-order valence-corrected chi connectivity index (χ2v) is 3.34. The zero-order valence-electron chi connectivity index (χ0n) is 9.64. The molecular formula is C9H16N4O3. The minimum atomic E-state index is -0.698. The lowest BCUT2D eigenvalue weighted by Gasteiger charge is -2.21. The Hall–Kier alpha value is -1.75. The summed E-state index contributed by atoms with van der Waals surface area (Å²) < 4.78 is 4.58. The summed E-state index contributed by atoms with van der Waals surface area (Å²) in [6.45, 7) is 3.41. The molecule has 0 fully saturated rings. The van der Waals surface area contributed by atoms with Crippen LogP contribution >= 0.6 is 0 Å². The molecule has 7 heteroatoms. The fourth-order valence-electron chi connectivity index (χ4n) is 1.11. The van der Waals surface area contributed by atoms with E-state index in [0.29, 0.717) is 0 Å². The molecular weight excluding hydrogens is 212 g/mol. The van der Waals surface area contributed by atoms with Crippen molar-refractivity contribution in [3.05, 3.63) is 10.4 Å². The smallest absolute Gasteiger partial charge is 0.328 e. The van der Waals surface area contributed by atoms with Gasteiger partial charge in [0.05, 0.1) is 7.11 Å². The summed E-state index contributed by atoms with van der Waals surface area (Å²) in [5, 5.41) is 5.59. The summed E-state index contributed by atoms with van der Waals surface area (Å²) in [7, 11) is 1.26. The molecule has 0 bridgehead atoms. The first-order chi connectivity index (χ1) is 7.56. The molecule has 0 saturated carbocycles. The minimum absolute atomic E-state index is 0.0394. The maximum Gasteiger partial charge on any atom is 0.328 e. The largest absolute Gasteiger partial charge is 0.467 e. The number of rotatable bonds is 6. The molecule has 0 heterocycles. The second-order valence-electron chi connectivity index (χ2n) is 3.34. The van der Waals surface area contributed by atoms with E-state index in [-0.39, 0.29) is 12.5 Å². The highest BCUT2D eigenvalue weighted by molar-refractivity contribution is 5.85. The molecule has 0 aliphatic carbocycles. The number of ether oxygens (including phenoxy) is 1. The summed E-state index contributed by atoms with van der Waals surface area (Å²) in [6, 6.07) is -0.698. The maximum atomic E-state index is 11.4. The van der Waals surface area contributed by atoms with Gasteiger partial charge in [0.25, 0.3) is 0 Å². The summed E-state index contributed by atoms with van der Waals surface area (Å²) in [4.78, 5) is 25.1. The molecule has 1 amide bonds. The lowest BCUT2D eigenvalue weighted by Crippen LogP contribution is -2.46. The van der Waals surface area contributed by atoms with Crippen molar-refractivity contribution in [2.45, 2.75) is 26.3 Å². The lowest BCUT2D eigenvalue weighted by molar-refractivity contribution is -0.146. The third-order valence-corrected chi connectivity index (χ3v) is 2.26. The fourth-order valence-corrected chi connectivity index (χ4v) is 1.11. The van der Waals surface area contributed by atoms with Crippen LogP contribution in [0.5, 0.6) is 0 Å². The Morgan fingerprint density at radius 3 is 2.62 bits per heavy atom. The first kappa shape index (κ1) is 14.2. The zero-order valence-corrected chi connectivity index (χ0v) is 9.64. The Kier molecular flexibility index (Phi) is 6.71. The topological polar surface area (TPSA) is 104 Å². The van der Waals surface area contributed by atoms with Crippen LogP contribution in [0.3, 0.4) is 0 Å². The number of azide groups is 1. The van der Waals surface area contributed by atoms with Crippen LogP contribution in [0.4, 0.5) is 0 Å². The van der Waals surface area contributed by atoms with Crippen molar-refractivity contribution in [3.8, 4) is 0 Å². The van der Waals surface area contributed by atoms with Crippen LogP contribution < -0.4 is 5.32 Å². The van der Waals surface area contributed by atoms with E-state index in [9.17, 15) is 9.59 Å². The van der Waals surface area contributed by atoms with Gasteiger partial charge in [0.15, 0.2) is 0 Å². The first-order valence-corrected chi connectivity index (χ1v) is 4.94. The molecule has 0 aromatic heterocycles. The van der Waals surface area contributed by atoms with Crippen LogP contribution in [-0.4, -0.2) is 31.6 Å². The summed E-state index contributed by atoms with van der Waals surface area (Å²) >= 11 is 0. The summed E-state index contributed by atoms with van der Waals surface area (Å²) in [5.41, 5.74) is 8.05. The van der Waals surface area contributed by atoms with Crippen molar-refractivity contribution in [2.24, 2.45) is 11.0 Å². The predicted octanol–water partition coefficient (Wildman–Crippen LogP) is 1.00. The highest BCUT2D eigenvalue weighted by Gasteiger charge is 2.26. The van der Waals surface area contributed by atoms with Crippen LogP contribution in [0.25, 0.3) is 10.4 Å². The van der Waals surface area contributed by atoms with Gasteiger partial charge >= 0.3 is 5.97 Å². The minimum Gasteiger partial charge on any atom is -0.467 e. The van der Waals surface area contributed by atoms with Gasteiger partial charge in [0.2, 0.25) is 5.91 Å². The number of methoxy groups -OCH3 is 1. The quantitative estimate of drug-likeness (QED) is 0.317. The third kappa shape index (κ3) is 4.65. The van der Waals surface area contributed by atoms with Crippen molar-refractivity contribution >= 4 is 11.9 Å². The lowest BCUT2D eigenvalue weighted by atomic mass is 9.99. The molecule has 0 saturated heterocycles. The number of hydrogen-bond donors (Lipinski definition) is 1. The standard InChI is InChI=1S/C9H16N4O3/c1-4-6(2)8(9(15)16-3)12-7(14)5-11-13-10/h6,8H,4-5H2,1-3H3,(H,12,14)/t6-,8-/m0/s1. The van der Waals surface area contributed by atoms with Crippen LogP contribution in [0, 0.1) is 5.92 Å². The molecule has 16 heavy (non-hydrogen) atoms. The van der Waals surface area contributed by atoms with Gasteiger partial charge in [-0.05, 0) is 11.4 Å². The molecule has 0 radical (unpaired) electrons. The van der Waals surface area contributed by atoms with Crippen LogP contribution in [0.2, 0.25) is 0 Å². The van der Waals surface area contributed by atoms with E-state index >= 15 is 0 Å². The molecule has 7 nitrogen and oxygen atoms in total. The Balaban J connectivity index is 4.48. The van der Waals surface area contributed by atoms with Crippen molar-refractivity contribution in [1.82, 2.24) is 5.32 Å². The van der Waals surface area contributed by atoms with Gasteiger partial charge in [-0.15, -0.1) is 0 Å². The molecule has 0 aliphatic rings. The van der Waals surface area contributed by atoms with Crippen LogP contribution in [0.1, 0.15) is 20.3 Å². The Morgan fingerprint density at radius 2 is 2.19 bits per heavy atom. The Bertz CT molecular complexity index is 299. The maximum absolute atomic E-state index is 11.4. The molecule has 0 spiro atoms. The average Bonchev–Trinajstić information content (AvgIpc) is 2.31. The number of carbonyl (C=O) groups is 2. The highest BCUT2D eigenvalue weighted by Crippen LogP contribution is 2.09. The molecule has 0 unspecified atom stereocenters. The van der Waals surface area contributed by atoms with Gasteiger partial charge in [-0.25, -0.2) is 4.79 Å². The molecule has 90 valence electrons. The van der Waals surface area contributed by atoms with Crippen molar-refractivity contribution in [3.63, 3.8) is 0 Å². The molecule has 0 aromatic carbocycles. The Labute approximate surface area is 93.8 Å². The van der Waals surface area contributed by atoms with Gasteiger partial charge in [0.1, 0.15) is 12.6 Å². The van der Waals surface area contributed by atoms with E-state index in [1.807, 2.05) is 13.8 Å². The molecule has 0 aliphatic heterocycles. The summed E-state index contributed by atoms with van der Waals surface area (Å²) in [6.07, 6.45) is 0.724. The monoisotopic (exact) mass is 228 g/mol. The molecule has 0 rings (SSSR count). The van der Waals surface area contributed by atoms with Gasteiger partial charge in [-0.2, -0.15) is 0 Å².